The van der Waals surface area contributed by atoms with Crippen molar-refractivity contribution in [3.05, 3.63) is 0 Å². The molecule has 1 heterocycles. The van der Waals surface area contributed by atoms with Gasteiger partial charge in [-0.05, 0) is 24.7 Å². The van der Waals surface area contributed by atoms with Crippen LogP contribution in [0, 0.1) is 16.7 Å². The number of hydrogen-bond donors (Lipinski definition) is 0. The van der Waals surface area contributed by atoms with E-state index < -0.39 is 0 Å². The molecule has 4 atom stereocenters. The minimum absolute atomic E-state index is 0.0729. The maximum atomic E-state index is 11.4. The molecule has 66 valence electrons. The van der Waals surface area contributed by atoms with E-state index in [2.05, 4.69) is 13.8 Å². The van der Waals surface area contributed by atoms with E-state index in [1.807, 2.05) is 0 Å². The highest BCUT2D eigenvalue weighted by Gasteiger charge is 2.68. The molecule has 0 radical (unpaired) electrons. The Hall–Kier alpha value is -0.530. The number of carbonyl (C=O) groups excluding carboxylic acids is 1. The van der Waals surface area contributed by atoms with Crippen LogP contribution in [0.25, 0.3) is 0 Å². The highest BCUT2D eigenvalue weighted by Crippen LogP contribution is 2.68. The molecule has 3 aliphatic rings. The standard InChI is InChI=1S/C10H14O2/c1-9-3-6-8(11)12-7(4-9)10(6,2)5-9/h6-7H,3-5H2,1-2H3. The van der Waals surface area contributed by atoms with Gasteiger partial charge in [-0.2, -0.15) is 0 Å². The Morgan fingerprint density at radius 1 is 1.42 bits per heavy atom. The second-order valence-electron chi connectivity index (χ2n) is 5.38. The zero-order valence-electron chi connectivity index (χ0n) is 7.59. The van der Waals surface area contributed by atoms with Gasteiger partial charge in [0, 0.05) is 5.41 Å². The van der Waals surface area contributed by atoms with E-state index in [0.717, 1.165) is 12.8 Å². The third kappa shape index (κ3) is 0.540. The molecule has 1 aliphatic heterocycles. The molecule has 2 nitrogen and oxygen atoms in total. The summed E-state index contributed by atoms with van der Waals surface area (Å²) >= 11 is 0. The van der Waals surface area contributed by atoms with Crippen molar-refractivity contribution in [2.45, 2.75) is 39.2 Å². The summed E-state index contributed by atoms with van der Waals surface area (Å²) in [6, 6.07) is 0. The van der Waals surface area contributed by atoms with Gasteiger partial charge in [-0.25, -0.2) is 0 Å². The third-order valence-corrected chi connectivity index (χ3v) is 4.26. The topological polar surface area (TPSA) is 26.3 Å². The zero-order chi connectivity index (χ0) is 8.56. The van der Waals surface area contributed by atoms with Crippen molar-refractivity contribution in [2.75, 3.05) is 0 Å². The summed E-state index contributed by atoms with van der Waals surface area (Å²) in [5, 5.41) is 0. The number of esters is 1. The van der Waals surface area contributed by atoms with E-state index in [1.165, 1.54) is 6.42 Å². The van der Waals surface area contributed by atoms with Crippen LogP contribution < -0.4 is 0 Å². The van der Waals surface area contributed by atoms with Crippen LogP contribution in [-0.2, 0) is 9.53 Å². The van der Waals surface area contributed by atoms with E-state index in [1.54, 1.807) is 0 Å². The smallest absolute Gasteiger partial charge is 0.309 e. The molecule has 3 rings (SSSR count). The molecule has 1 saturated heterocycles. The van der Waals surface area contributed by atoms with Crippen LogP contribution in [0.15, 0.2) is 0 Å². The lowest BCUT2D eigenvalue weighted by atomic mass is 9.75. The van der Waals surface area contributed by atoms with Crippen molar-refractivity contribution in [1.82, 2.24) is 0 Å². The van der Waals surface area contributed by atoms with Crippen molar-refractivity contribution in [1.29, 1.82) is 0 Å². The van der Waals surface area contributed by atoms with E-state index in [0.29, 0.717) is 5.41 Å². The van der Waals surface area contributed by atoms with E-state index in [-0.39, 0.29) is 23.4 Å². The first-order valence-corrected chi connectivity index (χ1v) is 4.74. The second kappa shape index (κ2) is 1.57. The number of rotatable bonds is 0. The number of hydrogen-bond acceptors (Lipinski definition) is 2. The normalized spacial score (nSPS) is 61.0. The maximum Gasteiger partial charge on any atom is 0.309 e. The van der Waals surface area contributed by atoms with Gasteiger partial charge < -0.3 is 4.74 Å². The summed E-state index contributed by atoms with van der Waals surface area (Å²) in [6.07, 6.45) is 3.61. The fourth-order valence-electron chi connectivity index (χ4n) is 3.77. The largest absolute Gasteiger partial charge is 0.462 e. The molecule has 0 N–H and O–H groups in total. The summed E-state index contributed by atoms with van der Waals surface area (Å²) in [7, 11) is 0. The number of fused-ring (bicyclic) bond motifs is 1. The van der Waals surface area contributed by atoms with Crippen LogP contribution in [0.5, 0.6) is 0 Å². The van der Waals surface area contributed by atoms with Gasteiger partial charge in [0.15, 0.2) is 0 Å². The lowest BCUT2D eigenvalue weighted by Gasteiger charge is -2.26. The third-order valence-electron chi connectivity index (χ3n) is 4.26. The summed E-state index contributed by atoms with van der Waals surface area (Å²) in [5.41, 5.74) is 0.613. The Bertz CT molecular complexity index is 273. The van der Waals surface area contributed by atoms with Gasteiger partial charge in [-0.3, -0.25) is 4.79 Å². The summed E-state index contributed by atoms with van der Waals surface area (Å²) in [4.78, 5) is 11.4. The summed E-state index contributed by atoms with van der Waals surface area (Å²) in [5.74, 6) is 0.296. The fourth-order valence-corrected chi connectivity index (χ4v) is 3.77. The van der Waals surface area contributed by atoms with Crippen molar-refractivity contribution < 1.29 is 9.53 Å². The Morgan fingerprint density at radius 3 is 2.67 bits per heavy atom. The molecule has 2 heteroatoms. The molecule has 3 fully saturated rings. The first kappa shape index (κ1) is 6.93. The van der Waals surface area contributed by atoms with Crippen molar-refractivity contribution in [3.63, 3.8) is 0 Å². The van der Waals surface area contributed by atoms with E-state index >= 15 is 0 Å². The van der Waals surface area contributed by atoms with E-state index in [9.17, 15) is 4.79 Å². The molecule has 0 aromatic heterocycles. The van der Waals surface area contributed by atoms with Crippen molar-refractivity contribution in [2.24, 2.45) is 16.7 Å². The number of ether oxygens (including phenoxy) is 1. The predicted molar refractivity (Wildman–Crippen MR) is 43.4 cm³/mol. The molecule has 0 aromatic rings. The molecule has 4 unspecified atom stereocenters. The Balaban J connectivity index is 2.13. The zero-order valence-corrected chi connectivity index (χ0v) is 7.59. The van der Waals surface area contributed by atoms with Crippen LogP contribution >= 0.6 is 0 Å². The molecule has 0 amide bonds. The Kier molecular flexibility index (Phi) is 0.906. The predicted octanol–water partition coefficient (Wildman–Crippen LogP) is 1.74. The van der Waals surface area contributed by atoms with Crippen LogP contribution in [0.3, 0.4) is 0 Å². The van der Waals surface area contributed by atoms with Crippen molar-refractivity contribution >= 4 is 5.97 Å². The summed E-state index contributed by atoms with van der Waals surface area (Å²) < 4.78 is 5.37. The van der Waals surface area contributed by atoms with E-state index in [4.69, 9.17) is 4.74 Å². The fraction of sp³-hybridized carbons (Fsp3) is 0.900. The van der Waals surface area contributed by atoms with Gasteiger partial charge in [-0.15, -0.1) is 0 Å². The SMILES string of the molecule is CC12CC3OC(=O)C(C1)C3(C)C2. The highest BCUT2D eigenvalue weighted by atomic mass is 16.6. The maximum absolute atomic E-state index is 11.4. The van der Waals surface area contributed by atoms with Crippen LogP contribution in [0.1, 0.15) is 33.1 Å². The first-order valence-electron chi connectivity index (χ1n) is 4.74. The summed E-state index contributed by atoms with van der Waals surface area (Å²) in [6.45, 7) is 4.53. The molecule has 2 aliphatic carbocycles. The van der Waals surface area contributed by atoms with Crippen LogP contribution in [0.2, 0.25) is 0 Å². The molecule has 0 aromatic carbocycles. The minimum atomic E-state index is 0.0729. The highest BCUT2D eigenvalue weighted by molar-refractivity contribution is 5.77. The van der Waals surface area contributed by atoms with Gasteiger partial charge in [0.1, 0.15) is 6.10 Å². The molecular formula is C10H14O2. The average molecular weight is 166 g/mol. The second-order valence-corrected chi connectivity index (χ2v) is 5.38. The molecular weight excluding hydrogens is 152 g/mol. The molecule has 2 saturated carbocycles. The quantitative estimate of drug-likeness (QED) is 0.512. The Morgan fingerprint density at radius 2 is 2.17 bits per heavy atom. The van der Waals surface area contributed by atoms with Gasteiger partial charge in [0.25, 0.3) is 0 Å². The van der Waals surface area contributed by atoms with Crippen LogP contribution in [0.4, 0.5) is 0 Å². The Labute approximate surface area is 72.3 Å². The lowest BCUT2D eigenvalue weighted by Crippen LogP contribution is -2.28. The minimum Gasteiger partial charge on any atom is -0.462 e. The van der Waals surface area contributed by atoms with Gasteiger partial charge in [-0.1, -0.05) is 13.8 Å². The van der Waals surface area contributed by atoms with Gasteiger partial charge >= 0.3 is 5.97 Å². The monoisotopic (exact) mass is 166 g/mol. The van der Waals surface area contributed by atoms with Gasteiger partial charge in [0.2, 0.25) is 0 Å². The average Bonchev–Trinajstić information content (AvgIpc) is 2.35. The number of carbonyl (C=O) groups is 1. The lowest BCUT2D eigenvalue weighted by molar-refractivity contribution is -0.143. The van der Waals surface area contributed by atoms with Gasteiger partial charge in [0.05, 0.1) is 5.92 Å². The molecule has 0 spiro atoms. The molecule has 2 bridgehead atoms. The van der Waals surface area contributed by atoms with Crippen molar-refractivity contribution in [3.8, 4) is 0 Å². The molecule has 12 heavy (non-hydrogen) atoms. The van der Waals surface area contributed by atoms with Crippen LogP contribution in [-0.4, -0.2) is 12.1 Å². The first-order chi connectivity index (χ1) is 5.54.